The summed E-state index contributed by atoms with van der Waals surface area (Å²) in [6, 6.07) is 8.56. The lowest BCUT2D eigenvalue weighted by Crippen LogP contribution is -2.41. The van der Waals surface area contributed by atoms with Crippen LogP contribution in [0.25, 0.3) is 0 Å². The summed E-state index contributed by atoms with van der Waals surface area (Å²) in [5.41, 5.74) is 0.943. The van der Waals surface area contributed by atoms with Crippen LogP contribution in [0.4, 0.5) is 0 Å². The number of benzene rings is 1. The van der Waals surface area contributed by atoms with E-state index in [1.807, 2.05) is 0 Å². The largest absolute Gasteiger partial charge is 0.461 e. The fourth-order valence-corrected chi connectivity index (χ4v) is 3.12. The normalized spacial score (nSPS) is 31.5. The summed E-state index contributed by atoms with van der Waals surface area (Å²) in [6.45, 7) is 8.46. The van der Waals surface area contributed by atoms with Crippen molar-refractivity contribution in [3.8, 4) is 0 Å². The Labute approximate surface area is 124 Å². The van der Waals surface area contributed by atoms with Crippen LogP contribution in [0.15, 0.2) is 28.7 Å². The van der Waals surface area contributed by atoms with Crippen LogP contribution in [-0.4, -0.2) is 18.3 Å². The van der Waals surface area contributed by atoms with E-state index in [0.717, 1.165) is 10.9 Å². The molecule has 4 heteroatoms. The third-order valence-corrected chi connectivity index (χ3v) is 5.23. The van der Waals surface area contributed by atoms with Crippen LogP contribution in [-0.2, 0) is 9.31 Å². The molecule has 2 nitrogen and oxygen atoms in total. The molecule has 0 N–H and O–H groups in total. The molecule has 19 heavy (non-hydrogen) atoms. The van der Waals surface area contributed by atoms with E-state index in [1.165, 1.54) is 5.56 Å². The van der Waals surface area contributed by atoms with Gasteiger partial charge in [-0.05, 0) is 57.7 Å². The Bertz CT molecular complexity index is 485. The van der Waals surface area contributed by atoms with Gasteiger partial charge >= 0.3 is 7.12 Å². The smallest absolute Gasteiger partial charge is 0.403 e. The zero-order chi connectivity index (χ0) is 13.8. The second-order valence-corrected chi connectivity index (χ2v) is 7.60. The lowest BCUT2D eigenvalue weighted by molar-refractivity contribution is 0.00578. The van der Waals surface area contributed by atoms with E-state index in [4.69, 9.17) is 9.31 Å². The Balaban J connectivity index is 1.72. The van der Waals surface area contributed by atoms with Gasteiger partial charge in [-0.15, -0.1) is 0 Å². The Kier molecular flexibility index (Phi) is 3.12. The first kappa shape index (κ1) is 13.7. The third kappa shape index (κ3) is 2.39. The van der Waals surface area contributed by atoms with Crippen molar-refractivity contribution in [1.82, 2.24) is 0 Å². The molecule has 3 rings (SSSR count). The number of hydrogen-bond acceptors (Lipinski definition) is 2. The first-order valence-corrected chi connectivity index (χ1v) is 7.70. The van der Waals surface area contributed by atoms with Crippen LogP contribution in [0.1, 0.15) is 45.6 Å². The topological polar surface area (TPSA) is 18.5 Å². The van der Waals surface area contributed by atoms with Crippen molar-refractivity contribution in [3.63, 3.8) is 0 Å². The lowest BCUT2D eigenvalue weighted by atomic mass is 9.79. The summed E-state index contributed by atoms with van der Waals surface area (Å²) < 4.78 is 13.4. The van der Waals surface area contributed by atoms with Gasteiger partial charge in [-0.2, -0.15) is 0 Å². The summed E-state index contributed by atoms with van der Waals surface area (Å²) in [6.07, 6.45) is 1.16. The molecule has 2 aliphatic rings. The van der Waals surface area contributed by atoms with E-state index in [-0.39, 0.29) is 18.3 Å². The van der Waals surface area contributed by atoms with Gasteiger partial charge < -0.3 is 9.31 Å². The van der Waals surface area contributed by atoms with Crippen LogP contribution in [0, 0.1) is 0 Å². The molecule has 1 aromatic carbocycles. The standard InChI is InChI=1S/C15H20BBrO2/c1-14(2)15(3,4)19-16(18-14)13-9-12(13)10-6-5-7-11(17)8-10/h5-8,12-13H,9H2,1-4H3. The van der Waals surface area contributed by atoms with E-state index in [9.17, 15) is 0 Å². The summed E-state index contributed by atoms with van der Waals surface area (Å²) >= 11 is 3.54. The Morgan fingerprint density at radius 1 is 1.16 bits per heavy atom. The fraction of sp³-hybridized carbons (Fsp3) is 0.600. The van der Waals surface area contributed by atoms with Gasteiger partial charge in [-0.1, -0.05) is 28.1 Å². The van der Waals surface area contributed by atoms with Crippen LogP contribution in [0.5, 0.6) is 0 Å². The van der Waals surface area contributed by atoms with Gasteiger partial charge in [0, 0.05) is 10.3 Å². The van der Waals surface area contributed by atoms with Gasteiger partial charge in [0.25, 0.3) is 0 Å². The minimum absolute atomic E-state index is 0.0611. The minimum Gasteiger partial charge on any atom is -0.403 e. The van der Waals surface area contributed by atoms with Crippen molar-refractivity contribution < 1.29 is 9.31 Å². The molecule has 1 saturated carbocycles. The number of hydrogen-bond donors (Lipinski definition) is 0. The van der Waals surface area contributed by atoms with E-state index in [0.29, 0.717) is 11.7 Å². The van der Waals surface area contributed by atoms with E-state index >= 15 is 0 Å². The molecule has 1 aromatic rings. The maximum Gasteiger partial charge on any atom is 0.461 e. The molecule has 2 atom stereocenters. The van der Waals surface area contributed by atoms with E-state index < -0.39 is 0 Å². The van der Waals surface area contributed by atoms with Crippen LogP contribution in [0.2, 0.25) is 5.82 Å². The molecule has 2 unspecified atom stereocenters. The molecule has 2 fully saturated rings. The SMILES string of the molecule is CC1(C)OB(C2CC2c2cccc(Br)c2)OC1(C)C. The highest BCUT2D eigenvalue weighted by Gasteiger charge is 2.59. The van der Waals surface area contributed by atoms with Gasteiger partial charge in [0.2, 0.25) is 0 Å². The molecule has 0 aromatic heterocycles. The van der Waals surface area contributed by atoms with Crippen LogP contribution < -0.4 is 0 Å². The molecule has 0 spiro atoms. The molecule has 0 bridgehead atoms. The first-order valence-electron chi connectivity index (χ1n) is 6.91. The van der Waals surface area contributed by atoms with Crippen LogP contribution in [0.3, 0.4) is 0 Å². The van der Waals surface area contributed by atoms with Gasteiger partial charge in [-0.3, -0.25) is 0 Å². The molecule has 1 saturated heterocycles. The molecule has 1 aliphatic heterocycles. The molecule has 0 radical (unpaired) electrons. The fourth-order valence-electron chi connectivity index (χ4n) is 2.70. The van der Waals surface area contributed by atoms with Crippen molar-refractivity contribution in [2.75, 3.05) is 0 Å². The van der Waals surface area contributed by atoms with Crippen LogP contribution >= 0.6 is 15.9 Å². The van der Waals surface area contributed by atoms with E-state index in [2.05, 4.69) is 67.9 Å². The second-order valence-electron chi connectivity index (χ2n) is 6.69. The predicted octanol–water partition coefficient (Wildman–Crippen LogP) is 4.40. The lowest BCUT2D eigenvalue weighted by Gasteiger charge is -2.32. The van der Waals surface area contributed by atoms with Crippen molar-refractivity contribution in [2.24, 2.45) is 0 Å². The minimum atomic E-state index is -0.220. The predicted molar refractivity (Wildman–Crippen MR) is 81.3 cm³/mol. The Morgan fingerprint density at radius 3 is 2.37 bits per heavy atom. The van der Waals surface area contributed by atoms with Crippen molar-refractivity contribution in [2.45, 2.75) is 57.1 Å². The highest BCUT2D eigenvalue weighted by Crippen LogP contribution is 2.58. The van der Waals surface area contributed by atoms with Crippen molar-refractivity contribution in [1.29, 1.82) is 0 Å². The average Bonchev–Trinajstić information content (AvgIpc) is 3.03. The molecule has 1 heterocycles. The first-order chi connectivity index (χ1) is 8.80. The highest BCUT2D eigenvalue weighted by molar-refractivity contribution is 9.10. The van der Waals surface area contributed by atoms with Crippen molar-refractivity contribution in [3.05, 3.63) is 34.3 Å². The monoisotopic (exact) mass is 322 g/mol. The average molecular weight is 323 g/mol. The van der Waals surface area contributed by atoms with E-state index in [1.54, 1.807) is 0 Å². The number of rotatable bonds is 2. The summed E-state index contributed by atoms with van der Waals surface area (Å²) in [7, 11) is -0.0611. The quantitative estimate of drug-likeness (QED) is 0.751. The summed E-state index contributed by atoms with van der Waals surface area (Å²) in [4.78, 5) is 0. The molecule has 102 valence electrons. The zero-order valence-electron chi connectivity index (χ0n) is 11.9. The maximum atomic E-state index is 6.14. The van der Waals surface area contributed by atoms with Gasteiger partial charge in [0.1, 0.15) is 0 Å². The summed E-state index contributed by atoms with van der Waals surface area (Å²) in [5, 5.41) is 0. The van der Waals surface area contributed by atoms with Gasteiger partial charge in [0.05, 0.1) is 11.2 Å². The molecular formula is C15H20BBrO2. The number of halogens is 1. The molecular weight excluding hydrogens is 303 g/mol. The van der Waals surface area contributed by atoms with Gasteiger partial charge in [-0.25, -0.2) is 0 Å². The van der Waals surface area contributed by atoms with Crippen molar-refractivity contribution >= 4 is 23.0 Å². The molecule has 1 aliphatic carbocycles. The Morgan fingerprint density at radius 2 is 1.79 bits per heavy atom. The molecule has 0 amide bonds. The van der Waals surface area contributed by atoms with Gasteiger partial charge in [0.15, 0.2) is 0 Å². The third-order valence-electron chi connectivity index (χ3n) is 4.74. The Hall–Kier alpha value is -0.315. The zero-order valence-corrected chi connectivity index (χ0v) is 13.5. The highest BCUT2D eigenvalue weighted by atomic mass is 79.9. The second kappa shape index (κ2) is 4.34. The maximum absolute atomic E-state index is 6.14. The summed E-state index contributed by atoms with van der Waals surface area (Å²) in [5.74, 6) is 1.07.